The van der Waals surface area contributed by atoms with E-state index in [1.165, 1.54) is 30.7 Å². The van der Waals surface area contributed by atoms with Crippen LogP contribution in [0.3, 0.4) is 0 Å². The Bertz CT molecular complexity index is 929. The van der Waals surface area contributed by atoms with Gasteiger partial charge in [0.05, 0.1) is 5.69 Å². The van der Waals surface area contributed by atoms with Gasteiger partial charge in [-0.2, -0.15) is 0 Å². The van der Waals surface area contributed by atoms with E-state index in [0.29, 0.717) is 5.13 Å². The highest BCUT2D eigenvalue weighted by Gasteiger charge is 2.22. The summed E-state index contributed by atoms with van der Waals surface area (Å²) in [7, 11) is 0. The molecule has 0 bridgehead atoms. The minimum Gasteiger partial charge on any atom is -0.448 e. The number of nitrogens with two attached hydrogens (primary N) is 1. The zero-order chi connectivity index (χ0) is 18.5. The summed E-state index contributed by atoms with van der Waals surface area (Å²) < 4.78 is 5.09. The van der Waals surface area contributed by atoms with Crippen LogP contribution in [0.15, 0.2) is 48.1 Å². The molecule has 0 aliphatic heterocycles. The van der Waals surface area contributed by atoms with E-state index in [9.17, 15) is 9.59 Å². The second-order valence-corrected chi connectivity index (χ2v) is 6.09. The van der Waals surface area contributed by atoms with E-state index in [-0.39, 0.29) is 11.5 Å². The molecule has 1 amide bonds. The van der Waals surface area contributed by atoms with Gasteiger partial charge in [0.2, 0.25) is 0 Å². The monoisotopic (exact) mass is 369 g/mol. The predicted molar refractivity (Wildman–Crippen MR) is 97.5 cm³/mol. The Kier molecular flexibility index (Phi) is 5.18. The van der Waals surface area contributed by atoms with Crippen LogP contribution in [0.25, 0.3) is 11.3 Å². The van der Waals surface area contributed by atoms with Crippen molar-refractivity contribution in [3.8, 4) is 11.3 Å². The van der Waals surface area contributed by atoms with Crippen molar-refractivity contribution in [3.63, 3.8) is 0 Å². The van der Waals surface area contributed by atoms with Gasteiger partial charge in [0, 0.05) is 23.3 Å². The number of thiazole rings is 1. The van der Waals surface area contributed by atoms with Gasteiger partial charge in [0.1, 0.15) is 0 Å². The number of nitrogen functional groups attached to an aromatic ring is 1. The Morgan fingerprint density at radius 3 is 2.65 bits per heavy atom. The fourth-order valence-corrected chi connectivity index (χ4v) is 2.78. The number of benzene rings is 1. The van der Waals surface area contributed by atoms with Crippen LogP contribution >= 0.6 is 11.3 Å². The average molecular weight is 369 g/mol. The van der Waals surface area contributed by atoms with E-state index in [4.69, 9.17) is 10.5 Å². The van der Waals surface area contributed by atoms with Crippen LogP contribution < -0.4 is 11.1 Å². The lowest BCUT2D eigenvalue weighted by Crippen LogP contribution is -2.30. The van der Waals surface area contributed by atoms with Crippen LogP contribution in [0.5, 0.6) is 0 Å². The quantitative estimate of drug-likeness (QED) is 0.662. The van der Waals surface area contributed by atoms with E-state index in [0.717, 1.165) is 11.3 Å². The minimum absolute atomic E-state index is 0.0578. The summed E-state index contributed by atoms with van der Waals surface area (Å²) in [5, 5.41) is 4.88. The molecule has 0 fully saturated rings. The first-order valence-electron chi connectivity index (χ1n) is 7.64. The summed E-state index contributed by atoms with van der Waals surface area (Å²) in [6.45, 7) is 1.45. The van der Waals surface area contributed by atoms with Crippen LogP contribution in [0.4, 0.5) is 10.9 Å². The number of carbonyl (C=O) groups excluding carboxylic acids is 2. The van der Waals surface area contributed by atoms with Crippen molar-refractivity contribution in [2.75, 3.05) is 11.1 Å². The van der Waals surface area contributed by atoms with Crippen LogP contribution in [0.2, 0.25) is 0 Å². The smallest absolute Gasteiger partial charge is 0.361 e. The SMILES string of the molecule is C[C@H](OC(=O)c1nccnc1N)C(=O)Nc1nc(-c2ccccc2)cs1. The van der Waals surface area contributed by atoms with Crippen LogP contribution in [-0.4, -0.2) is 32.9 Å². The number of hydrogen-bond donors (Lipinski definition) is 2. The summed E-state index contributed by atoms with van der Waals surface area (Å²) in [5.74, 6) is -1.38. The molecule has 3 rings (SSSR count). The third-order valence-corrected chi connectivity index (χ3v) is 4.13. The molecule has 0 radical (unpaired) electrons. The molecule has 132 valence electrons. The number of rotatable bonds is 5. The number of carbonyl (C=O) groups is 2. The molecule has 3 aromatic rings. The number of anilines is 2. The normalized spacial score (nSPS) is 11.6. The van der Waals surface area contributed by atoms with Crippen LogP contribution in [-0.2, 0) is 9.53 Å². The molecular weight excluding hydrogens is 354 g/mol. The zero-order valence-electron chi connectivity index (χ0n) is 13.7. The maximum atomic E-state index is 12.2. The first-order chi connectivity index (χ1) is 12.5. The van der Waals surface area contributed by atoms with Crippen molar-refractivity contribution in [1.82, 2.24) is 15.0 Å². The lowest BCUT2D eigenvalue weighted by atomic mass is 10.2. The second kappa shape index (κ2) is 7.70. The van der Waals surface area contributed by atoms with Crippen molar-refractivity contribution < 1.29 is 14.3 Å². The summed E-state index contributed by atoms with van der Waals surface area (Å²) in [4.78, 5) is 36.2. The molecule has 26 heavy (non-hydrogen) atoms. The summed E-state index contributed by atoms with van der Waals surface area (Å²) in [6, 6.07) is 9.59. The molecule has 9 heteroatoms. The second-order valence-electron chi connectivity index (χ2n) is 5.23. The van der Waals surface area contributed by atoms with Gasteiger partial charge < -0.3 is 10.5 Å². The van der Waals surface area contributed by atoms with Crippen LogP contribution in [0, 0.1) is 0 Å². The summed E-state index contributed by atoms with van der Waals surface area (Å²) in [5.41, 5.74) is 7.14. The Morgan fingerprint density at radius 2 is 1.92 bits per heavy atom. The number of esters is 1. The highest BCUT2D eigenvalue weighted by Crippen LogP contribution is 2.24. The number of ether oxygens (including phenoxy) is 1. The van der Waals surface area contributed by atoms with Crippen molar-refractivity contribution in [2.45, 2.75) is 13.0 Å². The van der Waals surface area contributed by atoms with Gasteiger partial charge in [0.25, 0.3) is 5.91 Å². The number of nitrogens with one attached hydrogen (secondary N) is 1. The highest BCUT2D eigenvalue weighted by molar-refractivity contribution is 7.14. The van der Waals surface area contributed by atoms with E-state index < -0.39 is 18.0 Å². The molecule has 8 nitrogen and oxygen atoms in total. The molecule has 0 saturated carbocycles. The number of aromatic nitrogens is 3. The van der Waals surface area contributed by atoms with Crippen molar-refractivity contribution in [1.29, 1.82) is 0 Å². The minimum atomic E-state index is -1.05. The van der Waals surface area contributed by atoms with Gasteiger partial charge >= 0.3 is 5.97 Å². The largest absolute Gasteiger partial charge is 0.448 e. The lowest BCUT2D eigenvalue weighted by Gasteiger charge is -2.12. The standard InChI is InChI=1S/C17H15N5O3S/c1-10(25-16(24)13-14(18)20-8-7-19-13)15(23)22-17-21-12(9-26-17)11-5-3-2-4-6-11/h2-10H,1H3,(H2,18,20)(H,21,22,23)/t10-/m0/s1. The first-order valence-corrected chi connectivity index (χ1v) is 8.52. The molecular formula is C17H15N5O3S. The van der Waals surface area contributed by atoms with Crippen LogP contribution in [0.1, 0.15) is 17.4 Å². The number of amides is 1. The maximum absolute atomic E-state index is 12.2. The van der Waals surface area contributed by atoms with E-state index in [1.807, 2.05) is 35.7 Å². The number of nitrogens with zero attached hydrogens (tertiary/aromatic N) is 3. The molecule has 2 heterocycles. The molecule has 3 N–H and O–H groups in total. The van der Waals surface area contributed by atoms with Gasteiger partial charge in [-0.05, 0) is 6.92 Å². The Balaban J connectivity index is 1.62. The maximum Gasteiger partial charge on any atom is 0.361 e. The highest BCUT2D eigenvalue weighted by atomic mass is 32.1. The molecule has 1 atom stereocenters. The van der Waals surface area contributed by atoms with Gasteiger partial charge in [0.15, 0.2) is 22.7 Å². The summed E-state index contributed by atoms with van der Waals surface area (Å²) in [6.07, 6.45) is 1.63. The lowest BCUT2D eigenvalue weighted by molar-refractivity contribution is -0.123. The topological polar surface area (TPSA) is 120 Å². The van der Waals surface area contributed by atoms with Gasteiger partial charge in [-0.25, -0.2) is 19.7 Å². The Morgan fingerprint density at radius 1 is 1.19 bits per heavy atom. The molecule has 0 unspecified atom stereocenters. The number of hydrogen-bond acceptors (Lipinski definition) is 8. The third-order valence-electron chi connectivity index (χ3n) is 3.38. The Hall–Kier alpha value is -3.33. The molecule has 0 spiro atoms. The molecule has 0 aliphatic carbocycles. The molecule has 0 saturated heterocycles. The van der Waals surface area contributed by atoms with Crippen molar-refractivity contribution in [3.05, 3.63) is 53.8 Å². The third kappa shape index (κ3) is 4.01. The molecule has 0 aliphatic rings. The van der Waals surface area contributed by atoms with Gasteiger partial charge in [-0.3, -0.25) is 10.1 Å². The molecule has 1 aromatic carbocycles. The fraction of sp³-hybridized carbons (Fsp3) is 0.118. The van der Waals surface area contributed by atoms with Crippen molar-refractivity contribution in [2.24, 2.45) is 0 Å². The summed E-state index contributed by atoms with van der Waals surface area (Å²) >= 11 is 1.28. The van der Waals surface area contributed by atoms with Gasteiger partial charge in [-0.1, -0.05) is 30.3 Å². The van der Waals surface area contributed by atoms with Gasteiger partial charge in [-0.15, -0.1) is 11.3 Å². The Labute approximate surface area is 153 Å². The first kappa shape index (κ1) is 17.5. The fourth-order valence-electron chi connectivity index (χ4n) is 2.06. The van der Waals surface area contributed by atoms with Crippen molar-refractivity contribution >= 4 is 34.2 Å². The van der Waals surface area contributed by atoms with E-state index >= 15 is 0 Å². The average Bonchev–Trinajstić information content (AvgIpc) is 3.11. The van der Waals surface area contributed by atoms with E-state index in [1.54, 1.807) is 0 Å². The van der Waals surface area contributed by atoms with E-state index in [2.05, 4.69) is 20.3 Å². The molecule has 2 aromatic heterocycles. The zero-order valence-corrected chi connectivity index (χ0v) is 14.6. The predicted octanol–water partition coefficient (Wildman–Crippen LogP) is 2.37.